The smallest absolute Gasteiger partial charge is 0.227 e. The Hall–Kier alpha value is -1.68. The predicted octanol–water partition coefficient (Wildman–Crippen LogP) is 2.98. The van der Waals surface area contributed by atoms with Crippen molar-refractivity contribution in [3.05, 3.63) is 47.1 Å². The van der Waals surface area contributed by atoms with Crippen LogP contribution in [-0.2, 0) is 12.8 Å². The summed E-state index contributed by atoms with van der Waals surface area (Å²) in [5.41, 5.74) is 2.96. The van der Waals surface area contributed by atoms with Gasteiger partial charge in [0.05, 0.1) is 0 Å². The van der Waals surface area contributed by atoms with Crippen LogP contribution in [0.15, 0.2) is 28.8 Å². The molecule has 4 heteroatoms. The number of nitrogens with one attached hydrogen (secondary N) is 1. The monoisotopic (exact) mass is 271 g/mol. The second kappa shape index (κ2) is 6.18. The maximum atomic E-state index is 5.15. The molecule has 0 fully saturated rings. The van der Waals surface area contributed by atoms with Crippen molar-refractivity contribution >= 4 is 0 Å². The van der Waals surface area contributed by atoms with Crippen molar-refractivity contribution in [2.24, 2.45) is 0 Å². The highest BCUT2D eigenvalue weighted by atomic mass is 16.5. The van der Waals surface area contributed by atoms with Gasteiger partial charge < -0.3 is 9.84 Å². The molecule has 1 atom stereocenters. The summed E-state index contributed by atoms with van der Waals surface area (Å²) in [6.45, 7) is 2.72. The Balaban J connectivity index is 1.62. The first kappa shape index (κ1) is 13.3. The van der Waals surface area contributed by atoms with E-state index in [1.165, 1.54) is 36.8 Å². The molecule has 106 valence electrons. The lowest BCUT2D eigenvalue weighted by molar-refractivity contribution is 0.367. The van der Waals surface area contributed by atoms with Gasteiger partial charge >= 0.3 is 0 Å². The maximum absolute atomic E-state index is 5.15. The van der Waals surface area contributed by atoms with E-state index in [0.717, 1.165) is 18.9 Å². The van der Waals surface area contributed by atoms with Gasteiger partial charge in [-0.15, -0.1) is 0 Å². The molecular formula is C16H21N3O. The average molecular weight is 271 g/mol. The van der Waals surface area contributed by atoms with Crippen molar-refractivity contribution in [2.45, 2.75) is 45.1 Å². The van der Waals surface area contributed by atoms with Crippen molar-refractivity contribution in [3.8, 4) is 0 Å². The number of aryl methyl sites for hydroxylation is 2. The third kappa shape index (κ3) is 3.07. The number of benzene rings is 1. The van der Waals surface area contributed by atoms with Gasteiger partial charge in [-0.1, -0.05) is 35.8 Å². The molecule has 0 saturated heterocycles. The Morgan fingerprint density at radius 2 is 2.20 bits per heavy atom. The molecule has 3 rings (SSSR count). The van der Waals surface area contributed by atoms with Gasteiger partial charge in [-0.3, -0.25) is 0 Å². The minimum absolute atomic E-state index is 0.456. The fraction of sp³-hybridized carbons (Fsp3) is 0.500. The number of fused-ring (bicyclic) bond motifs is 1. The largest absolute Gasteiger partial charge is 0.339 e. The van der Waals surface area contributed by atoms with E-state index in [4.69, 9.17) is 4.52 Å². The average Bonchev–Trinajstić information content (AvgIpc) is 2.76. The predicted molar refractivity (Wildman–Crippen MR) is 77.5 cm³/mol. The quantitative estimate of drug-likeness (QED) is 0.869. The Labute approximate surface area is 119 Å². The van der Waals surface area contributed by atoms with Crippen LogP contribution in [0.5, 0.6) is 0 Å². The minimum atomic E-state index is 0.456. The fourth-order valence-corrected chi connectivity index (χ4v) is 2.93. The van der Waals surface area contributed by atoms with Crippen LogP contribution in [0.2, 0.25) is 0 Å². The molecule has 1 unspecified atom stereocenters. The topological polar surface area (TPSA) is 51.0 Å². The van der Waals surface area contributed by atoms with Crippen molar-refractivity contribution in [1.82, 2.24) is 15.5 Å². The molecule has 1 heterocycles. The van der Waals surface area contributed by atoms with E-state index in [1.807, 2.05) is 6.92 Å². The van der Waals surface area contributed by atoms with E-state index in [0.29, 0.717) is 11.9 Å². The van der Waals surface area contributed by atoms with Crippen LogP contribution >= 0.6 is 0 Å². The third-order valence-corrected chi connectivity index (χ3v) is 3.92. The summed E-state index contributed by atoms with van der Waals surface area (Å²) in [5, 5.41) is 7.47. The zero-order valence-corrected chi connectivity index (χ0v) is 11.9. The molecule has 1 aromatic carbocycles. The molecule has 0 saturated carbocycles. The summed E-state index contributed by atoms with van der Waals surface area (Å²) in [7, 11) is 0. The Bertz CT molecular complexity index is 564. The van der Waals surface area contributed by atoms with Gasteiger partial charge in [0.25, 0.3) is 0 Å². The van der Waals surface area contributed by atoms with Gasteiger partial charge in [-0.25, -0.2) is 0 Å². The Morgan fingerprint density at radius 1 is 1.30 bits per heavy atom. The van der Waals surface area contributed by atoms with Crippen molar-refractivity contribution in [1.29, 1.82) is 0 Å². The molecule has 1 aliphatic carbocycles. The summed E-state index contributed by atoms with van der Waals surface area (Å²) in [6, 6.07) is 9.26. The molecule has 20 heavy (non-hydrogen) atoms. The summed E-state index contributed by atoms with van der Waals surface area (Å²) < 4.78 is 5.15. The zero-order valence-electron chi connectivity index (χ0n) is 11.9. The first-order valence-electron chi connectivity index (χ1n) is 7.43. The molecule has 0 radical (unpaired) electrons. The van der Waals surface area contributed by atoms with Gasteiger partial charge in [0.15, 0.2) is 5.82 Å². The lowest BCUT2D eigenvalue weighted by Crippen LogP contribution is -2.24. The van der Waals surface area contributed by atoms with E-state index in [1.54, 1.807) is 0 Å². The molecule has 0 amide bonds. The number of hydrogen-bond acceptors (Lipinski definition) is 4. The Kier molecular flexibility index (Phi) is 4.11. The fourth-order valence-electron chi connectivity index (χ4n) is 2.93. The summed E-state index contributed by atoms with van der Waals surface area (Å²) in [4.78, 5) is 4.24. The number of rotatable bonds is 4. The van der Waals surface area contributed by atoms with Crippen molar-refractivity contribution < 1.29 is 4.52 Å². The highest BCUT2D eigenvalue weighted by molar-refractivity contribution is 5.31. The van der Waals surface area contributed by atoms with Crippen molar-refractivity contribution in [2.75, 3.05) is 6.54 Å². The SMILES string of the molecule is Cc1noc(CCNC2CCCCc3ccccc32)n1. The van der Waals surface area contributed by atoms with Gasteiger partial charge in [-0.2, -0.15) is 4.98 Å². The molecular weight excluding hydrogens is 250 g/mol. The molecule has 2 aromatic rings. The number of nitrogens with zero attached hydrogens (tertiary/aromatic N) is 2. The molecule has 4 nitrogen and oxygen atoms in total. The van der Waals surface area contributed by atoms with Gasteiger partial charge in [-0.05, 0) is 37.3 Å². The van der Waals surface area contributed by atoms with Gasteiger partial charge in [0.1, 0.15) is 0 Å². The number of hydrogen-bond donors (Lipinski definition) is 1. The first-order valence-corrected chi connectivity index (χ1v) is 7.43. The van der Waals surface area contributed by atoms with E-state index >= 15 is 0 Å². The molecule has 0 bridgehead atoms. The second-order valence-corrected chi connectivity index (χ2v) is 5.44. The van der Waals surface area contributed by atoms with Crippen LogP contribution < -0.4 is 5.32 Å². The third-order valence-electron chi connectivity index (χ3n) is 3.92. The van der Waals surface area contributed by atoms with Crippen LogP contribution in [0.25, 0.3) is 0 Å². The number of aromatic nitrogens is 2. The second-order valence-electron chi connectivity index (χ2n) is 5.44. The normalized spacial score (nSPS) is 18.6. The van der Waals surface area contributed by atoms with Crippen LogP contribution in [0.1, 0.15) is 48.1 Å². The lowest BCUT2D eigenvalue weighted by atomic mass is 9.99. The van der Waals surface area contributed by atoms with Gasteiger partial charge in [0, 0.05) is 19.0 Å². The summed E-state index contributed by atoms with van der Waals surface area (Å²) in [5.74, 6) is 1.43. The summed E-state index contributed by atoms with van der Waals surface area (Å²) >= 11 is 0. The standard InChI is InChI=1S/C16H21N3O/c1-12-18-16(20-19-12)10-11-17-15-9-5-3-7-13-6-2-4-8-14(13)15/h2,4,6,8,15,17H,3,5,7,9-11H2,1H3. The molecule has 0 spiro atoms. The zero-order chi connectivity index (χ0) is 13.8. The Morgan fingerprint density at radius 3 is 3.05 bits per heavy atom. The van der Waals surface area contributed by atoms with E-state index in [-0.39, 0.29) is 0 Å². The molecule has 1 aromatic heterocycles. The van der Waals surface area contributed by atoms with E-state index in [2.05, 4.69) is 39.7 Å². The van der Waals surface area contributed by atoms with Crippen LogP contribution in [0.4, 0.5) is 0 Å². The maximum Gasteiger partial charge on any atom is 0.227 e. The highest BCUT2D eigenvalue weighted by Gasteiger charge is 2.17. The van der Waals surface area contributed by atoms with E-state index in [9.17, 15) is 0 Å². The van der Waals surface area contributed by atoms with Crippen LogP contribution in [0, 0.1) is 6.92 Å². The van der Waals surface area contributed by atoms with Crippen LogP contribution in [-0.4, -0.2) is 16.7 Å². The first-order chi connectivity index (χ1) is 9.83. The molecule has 0 aliphatic heterocycles. The van der Waals surface area contributed by atoms with Crippen molar-refractivity contribution in [3.63, 3.8) is 0 Å². The van der Waals surface area contributed by atoms with E-state index < -0.39 is 0 Å². The minimum Gasteiger partial charge on any atom is -0.339 e. The molecule has 1 aliphatic rings. The molecule has 1 N–H and O–H groups in total. The summed E-state index contributed by atoms with van der Waals surface area (Å²) in [6.07, 6.45) is 5.78. The highest BCUT2D eigenvalue weighted by Crippen LogP contribution is 2.28. The van der Waals surface area contributed by atoms with Crippen LogP contribution in [0.3, 0.4) is 0 Å². The lowest BCUT2D eigenvalue weighted by Gasteiger charge is -2.18. The van der Waals surface area contributed by atoms with Gasteiger partial charge in [0.2, 0.25) is 5.89 Å².